The minimum atomic E-state index is -0.125. The van der Waals surface area contributed by atoms with Gasteiger partial charge in [0.05, 0.1) is 23.8 Å². The lowest BCUT2D eigenvalue weighted by molar-refractivity contribution is -0.124. The van der Waals surface area contributed by atoms with Crippen LogP contribution in [0, 0.1) is 5.92 Å². The highest BCUT2D eigenvalue weighted by molar-refractivity contribution is 5.81. The van der Waals surface area contributed by atoms with E-state index < -0.39 is 0 Å². The van der Waals surface area contributed by atoms with Crippen LogP contribution in [0.4, 0.5) is 0 Å². The quantitative estimate of drug-likeness (QED) is 0.861. The van der Waals surface area contributed by atoms with E-state index in [1.165, 1.54) is 17.3 Å². The molecule has 1 aliphatic carbocycles. The van der Waals surface area contributed by atoms with Gasteiger partial charge in [0.2, 0.25) is 0 Å². The Hall–Kier alpha value is -1.97. The maximum Gasteiger partial charge on any atom is 0.261 e. The summed E-state index contributed by atoms with van der Waals surface area (Å²) in [6, 6.07) is 7.24. The number of Topliss-reactive ketones (excluding diaryl/α,β-unsaturated/α-hetero) is 1. The largest absolute Gasteiger partial charge is 0.297 e. The summed E-state index contributed by atoms with van der Waals surface area (Å²) in [5.41, 5.74) is 0.554. The van der Waals surface area contributed by atoms with Gasteiger partial charge in [0, 0.05) is 5.92 Å². The maximum atomic E-state index is 12.3. The molecule has 0 unspecified atom stereocenters. The highest BCUT2D eigenvalue weighted by atomic mass is 16.1. The number of carbonyl (C=O) groups is 1. The Balaban J connectivity index is 1.85. The third-order valence-electron chi connectivity index (χ3n) is 4.12. The second-order valence-corrected chi connectivity index (χ2v) is 5.50. The van der Waals surface area contributed by atoms with E-state index in [0.717, 1.165) is 25.7 Å². The van der Waals surface area contributed by atoms with Crippen LogP contribution < -0.4 is 5.56 Å². The van der Waals surface area contributed by atoms with Crippen LogP contribution >= 0.6 is 0 Å². The molecule has 0 aliphatic heterocycles. The van der Waals surface area contributed by atoms with Gasteiger partial charge in [-0.3, -0.25) is 14.2 Å². The summed E-state index contributed by atoms with van der Waals surface area (Å²) in [5.74, 6) is 0.297. The Labute approximate surface area is 117 Å². The minimum Gasteiger partial charge on any atom is -0.297 e. The van der Waals surface area contributed by atoms with Crippen LogP contribution in [-0.2, 0) is 11.3 Å². The highest BCUT2D eigenvalue weighted by Crippen LogP contribution is 2.24. The summed E-state index contributed by atoms with van der Waals surface area (Å²) in [5, 5.41) is 0.575. The second-order valence-electron chi connectivity index (χ2n) is 5.50. The van der Waals surface area contributed by atoms with E-state index in [4.69, 9.17) is 0 Å². The zero-order valence-electron chi connectivity index (χ0n) is 11.4. The fourth-order valence-corrected chi connectivity index (χ4v) is 2.94. The van der Waals surface area contributed by atoms with E-state index in [2.05, 4.69) is 4.98 Å². The molecule has 0 spiro atoms. The fourth-order valence-electron chi connectivity index (χ4n) is 2.94. The van der Waals surface area contributed by atoms with Crippen molar-refractivity contribution in [3.05, 3.63) is 40.9 Å². The number of benzene rings is 1. The predicted molar refractivity (Wildman–Crippen MR) is 77.6 cm³/mol. The van der Waals surface area contributed by atoms with Crippen molar-refractivity contribution in [2.24, 2.45) is 5.92 Å². The van der Waals surface area contributed by atoms with Gasteiger partial charge in [-0.1, -0.05) is 31.4 Å². The molecule has 4 nitrogen and oxygen atoms in total. The van der Waals surface area contributed by atoms with Gasteiger partial charge < -0.3 is 0 Å². The van der Waals surface area contributed by atoms with Gasteiger partial charge in [-0.05, 0) is 25.0 Å². The van der Waals surface area contributed by atoms with Gasteiger partial charge in [-0.25, -0.2) is 4.98 Å². The van der Waals surface area contributed by atoms with Crippen molar-refractivity contribution >= 4 is 16.7 Å². The molecule has 1 fully saturated rings. The Morgan fingerprint density at radius 2 is 1.95 bits per heavy atom. The molecule has 1 saturated carbocycles. The number of aromatic nitrogens is 2. The zero-order chi connectivity index (χ0) is 13.9. The first kappa shape index (κ1) is 13.0. The van der Waals surface area contributed by atoms with E-state index in [1.807, 2.05) is 18.2 Å². The monoisotopic (exact) mass is 270 g/mol. The van der Waals surface area contributed by atoms with Gasteiger partial charge in [-0.2, -0.15) is 0 Å². The third kappa shape index (κ3) is 2.50. The molecule has 104 valence electrons. The van der Waals surface area contributed by atoms with E-state index in [1.54, 1.807) is 6.07 Å². The Kier molecular flexibility index (Phi) is 3.63. The second kappa shape index (κ2) is 5.57. The van der Waals surface area contributed by atoms with Crippen molar-refractivity contribution in [3.8, 4) is 0 Å². The normalized spacial score (nSPS) is 16.4. The molecule has 0 amide bonds. The molecule has 1 aliphatic rings. The van der Waals surface area contributed by atoms with Crippen LogP contribution in [0.2, 0.25) is 0 Å². The van der Waals surface area contributed by atoms with Crippen LogP contribution in [0.25, 0.3) is 10.9 Å². The predicted octanol–water partition coefficient (Wildman–Crippen LogP) is 2.55. The molecule has 0 N–H and O–H groups in total. The van der Waals surface area contributed by atoms with Gasteiger partial charge >= 0.3 is 0 Å². The van der Waals surface area contributed by atoms with Crippen LogP contribution in [0.1, 0.15) is 32.1 Å². The molecule has 4 heteroatoms. The highest BCUT2D eigenvalue weighted by Gasteiger charge is 2.21. The summed E-state index contributed by atoms with van der Waals surface area (Å²) in [6.07, 6.45) is 6.90. The molecule has 3 rings (SSSR count). The fraction of sp³-hybridized carbons (Fsp3) is 0.438. The van der Waals surface area contributed by atoms with Crippen molar-refractivity contribution < 1.29 is 4.79 Å². The van der Waals surface area contributed by atoms with Crippen LogP contribution in [0.3, 0.4) is 0 Å². The average Bonchev–Trinajstić information content (AvgIpc) is 2.51. The lowest BCUT2D eigenvalue weighted by atomic mass is 9.86. The number of fused-ring (bicyclic) bond motifs is 1. The molecule has 1 heterocycles. The van der Waals surface area contributed by atoms with Crippen LogP contribution in [0.15, 0.2) is 35.4 Å². The first-order valence-corrected chi connectivity index (χ1v) is 7.22. The van der Waals surface area contributed by atoms with Crippen molar-refractivity contribution in [2.75, 3.05) is 0 Å². The smallest absolute Gasteiger partial charge is 0.261 e. The summed E-state index contributed by atoms with van der Waals surface area (Å²) in [4.78, 5) is 28.8. The van der Waals surface area contributed by atoms with E-state index in [0.29, 0.717) is 10.9 Å². The van der Waals surface area contributed by atoms with Gasteiger partial charge in [0.15, 0.2) is 5.78 Å². The Morgan fingerprint density at radius 3 is 2.75 bits per heavy atom. The van der Waals surface area contributed by atoms with Gasteiger partial charge in [0.25, 0.3) is 5.56 Å². The van der Waals surface area contributed by atoms with Crippen molar-refractivity contribution in [1.29, 1.82) is 0 Å². The summed E-state index contributed by atoms with van der Waals surface area (Å²) in [7, 11) is 0. The van der Waals surface area contributed by atoms with Crippen LogP contribution in [0.5, 0.6) is 0 Å². The molecular weight excluding hydrogens is 252 g/mol. The van der Waals surface area contributed by atoms with Crippen molar-refractivity contribution in [2.45, 2.75) is 38.6 Å². The van der Waals surface area contributed by atoms with E-state index in [9.17, 15) is 9.59 Å². The molecule has 1 aromatic carbocycles. The van der Waals surface area contributed by atoms with Gasteiger partial charge in [-0.15, -0.1) is 0 Å². The average molecular weight is 270 g/mol. The molecule has 0 radical (unpaired) electrons. The van der Waals surface area contributed by atoms with Gasteiger partial charge in [0.1, 0.15) is 0 Å². The summed E-state index contributed by atoms with van der Waals surface area (Å²) >= 11 is 0. The minimum absolute atomic E-state index is 0.125. The van der Waals surface area contributed by atoms with Crippen molar-refractivity contribution in [1.82, 2.24) is 9.55 Å². The van der Waals surface area contributed by atoms with Crippen molar-refractivity contribution in [3.63, 3.8) is 0 Å². The zero-order valence-corrected chi connectivity index (χ0v) is 11.4. The number of hydrogen-bond donors (Lipinski definition) is 0. The third-order valence-corrected chi connectivity index (χ3v) is 4.12. The molecule has 0 bridgehead atoms. The topological polar surface area (TPSA) is 52.0 Å². The first-order valence-electron chi connectivity index (χ1n) is 7.22. The maximum absolute atomic E-state index is 12.3. The molecule has 0 atom stereocenters. The lowest BCUT2D eigenvalue weighted by Gasteiger charge is -2.20. The van der Waals surface area contributed by atoms with Crippen LogP contribution in [-0.4, -0.2) is 15.3 Å². The SMILES string of the molecule is O=C(Cn1cnc2ccccc2c1=O)C1CCCCC1. The number of ketones is 1. The molecule has 2 aromatic rings. The molecule has 20 heavy (non-hydrogen) atoms. The lowest BCUT2D eigenvalue weighted by Crippen LogP contribution is -2.29. The van der Waals surface area contributed by atoms with E-state index >= 15 is 0 Å². The number of hydrogen-bond acceptors (Lipinski definition) is 3. The summed E-state index contributed by atoms with van der Waals surface area (Å²) in [6.45, 7) is 0.154. The number of nitrogens with zero attached hydrogens (tertiary/aromatic N) is 2. The number of carbonyl (C=O) groups excluding carboxylic acids is 1. The standard InChI is InChI=1S/C16H18N2O2/c19-15(12-6-2-1-3-7-12)10-18-11-17-14-9-5-4-8-13(14)16(18)20/h4-5,8-9,11-12H,1-3,6-7,10H2. The number of para-hydroxylation sites is 1. The Bertz CT molecular complexity index is 684. The van der Waals surface area contributed by atoms with E-state index in [-0.39, 0.29) is 23.8 Å². The molecule has 1 aromatic heterocycles. The summed E-state index contributed by atoms with van der Waals surface area (Å²) < 4.78 is 1.44. The first-order chi connectivity index (χ1) is 9.75. The molecule has 0 saturated heterocycles. The Morgan fingerprint density at radius 1 is 1.20 bits per heavy atom. The molecular formula is C16H18N2O2. The number of rotatable bonds is 3.